The normalized spacial score (nSPS) is 11.2. The van der Waals surface area contributed by atoms with Crippen LogP contribution in [0.3, 0.4) is 0 Å². The van der Waals surface area contributed by atoms with Gasteiger partial charge in [0.1, 0.15) is 17.1 Å². The summed E-state index contributed by atoms with van der Waals surface area (Å²) in [6.45, 7) is 6.12. The van der Waals surface area contributed by atoms with Gasteiger partial charge in [-0.05, 0) is 35.7 Å². The second kappa shape index (κ2) is 8.77. The Kier molecular flexibility index (Phi) is 5.90. The van der Waals surface area contributed by atoms with Crippen molar-refractivity contribution < 1.29 is 13.9 Å². The number of phenols is 1. The molecular weight excluding hydrogens is 417 g/mol. The fourth-order valence-electron chi connectivity index (χ4n) is 3.38. The van der Waals surface area contributed by atoms with Crippen LogP contribution < -0.4 is 5.63 Å². The first-order chi connectivity index (χ1) is 15.0. The average Bonchev–Trinajstić information content (AvgIpc) is 3.14. The summed E-state index contributed by atoms with van der Waals surface area (Å²) >= 11 is 1.38. The molecule has 0 fully saturated rings. The molecule has 2 heterocycles. The van der Waals surface area contributed by atoms with Crippen LogP contribution >= 0.6 is 11.8 Å². The molecule has 0 spiro atoms. The van der Waals surface area contributed by atoms with E-state index >= 15 is 0 Å². The van der Waals surface area contributed by atoms with Crippen LogP contribution in [0, 0.1) is 5.82 Å². The third kappa shape index (κ3) is 4.11. The fourth-order valence-corrected chi connectivity index (χ4v) is 4.32. The predicted octanol–water partition coefficient (Wildman–Crippen LogP) is 4.94. The van der Waals surface area contributed by atoms with Crippen LogP contribution in [0.2, 0.25) is 0 Å². The van der Waals surface area contributed by atoms with Gasteiger partial charge in [0.15, 0.2) is 11.0 Å². The standard InChI is InChI=1S/C23H20FN3O3S/c1-3-9-27-22(16-7-5-6-8-18(16)24)25-26-23(27)31-13-15-11-21(29)30-20-12-19(28)14(4-2)10-17(15)20/h3,5-8,10-12,28H,1,4,9,13H2,2H3. The number of hydrogen-bond donors (Lipinski definition) is 1. The summed E-state index contributed by atoms with van der Waals surface area (Å²) in [5.74, 6) is 0.553. The molecule has 0 amide bonds. The van der Waals surface area contributed by atoms with Crippen molar-refractivity contribution in [1.82, 2.24) is 14.8 Å². The van der Waals surface area contributed by atoms with Crippen molar-refractivity contribution in [2.24, 2.45) is 0 Å². The molecule has 158 valence electrons. The van der Waals surface area contributed by atoms with E-state index in [-0.39, 0.29) is 11.6 Å². The number of hydrogen-bond acceptors (Lipinski definition) is 6. The number of aryl methyl sites for hydroxylation is 1. The van der Waals surface area contributed by atoms with Crippen LogP contribution in [0.5, 0.6) is 5.75 Å². The lowest BCUT2D eigenvalue weighted by Crippen LogP contribution is -2.03. The molecule has 0 aliphatic heterocycles. The molecule has 4 rings (SSSR count). The molecule has 0 aliphatic rings. The Hall–Kier alpha value is -3.39. The molecule has 0 radical (unpaired) electrons. The summed E-state index contributed by atoms with van der Waals surface area (Å²) in [5.41, 5.74) is 1.72. The number of allylic oxidation sites excluding steroid dienone is 1. The fraction of sp³-hybridized carbons (Fsp3) is 0.174. The Morgan fingerprint density at radius 1 is 1.23 bits per heavy atom. The molecule has 0 saturated heterocycles. The molecule has 2 aromatic carbocycles. The minimum absolute atomic E-state index is 0.100. The maximum atomic E-state index is 14.3. The van der Waals surface area contributed by atoms with E-state index in [1.54, 1.807) is 28.8 Å². The topological polar surface area (TPSA) is 81.2 Å². The first-order valence-corrected chi connectivity index (χ1v) is 10.7. The summed E-state index contributed by atoms with van der Waals surface area (Å²) in [6, 6.07) is 11.2. The van der Waals surface area contributed by atoms with Gasteiger partial charge in [0.2, 0.25) is 0 Å². The molecule has 2 aromatic heterocycles. The van der Waals surface area contributed by atoms with Crippen LogP contribution in [0.4, 0.5) is 4.39 Å². The molecule has 0 saturated carbocycles. The molecule has 0 unspecified atom stereocenters. The highest BCUT2D eigenvalue weighted by atomic mass is 32.2. The zero-order chi connectivity index (χ0) is 22.0. The Morgan fingerprint density at radius 2 is 2.03 bits per heavy atom. The minimum atomic E-state index is -0.494. The second-order valence-corrected chi connectivity index (χ2v) is 7.84. The van der Waals surface area contributed by atoms with Gasteiger partial charge in [-0.1, -0.05) is 36.9 Å². The number of nitrogens with zero attached hydrogens (tertiary/aromatic N) is 3. The largest absolute Gasteiger partial charge is 0.508 e. The molecule has 8 heteroatoms. The summed E-state index contributed by atoms with van der Waals surface area (Å²) in [6.07, 6.45) is 2.34. The lowest BCUT2D eigenvalue weighted by Gasteiger charge is -2.10. The molecule has 0 atom stereocenters. The highest BCUT2D eigenvalue weighted by Crippen LogP contribution is 2.32. The quantitative estimate of drug-likeness (QED) is 0.251. The van der Waals surface area contributed by atoms with E-state index in [1.165, 1.54) is 30.0 Å². The molecular formula is C23H20FN3O3S. The van der Waals surface area contributed by atoms with Gasteiger partial charge in [-0.2, -0.15) is 0 Å². The average molecular weight is 437 g/mol. The van der Waals surface area contributed by atoms with Crippen molar-refractivity contribution in [2.45, 2.75) is 30.8 Å². The highest BCUT2D eigenvalue weighted by molar-refractivity contribution is 7.98. The van der Waals surface area contributed by atoms with Gasteiger partial charge in [0, 0.05) is 29.8 Å². The maximum absolute atomic E-state index is 14.3. The van der Waals surface area contributed by atoms with Crippen LogP contribution in [-0.2, 0) is 18.7 Å². The summed E-state index contributed by atoms with van der Waals surface area (Å²) in [7, 11) is 0. The lowest BCUT2D eigenvalue weighted by molar-refractivity contribution is 0.466. The van der Waals surface area contributed by atoms with Crippen molar-refractivity contribution in [1.29, 1.82) is 0 Å². The molecule has 0 aliphatic carbocycles. The lowest BCUT2D eigenvalue weighted by atomic mass is 10.1. The third-order valence-corrected chi connectivity index (χ3v) is 5.93. The second-order valence-electron chi connectivity index (χ2n) is 6.90. The van der Waals surface area contributed by atoms with E-state index in [2.05, 4.69) is 16.8 Å². The molecule has 1 N–H and O–H groups in total. The van der Waals surface area contributed by atoms with Gasteiger partial charge in [-0.3, -0.25) is 4.57 Å². The van der Waals surface area contributed by atoms with Gasteiger partial charge >= 0.3 is 5.63 Å². The van der Waals surface area contributed by atoms with E-state index in [0.29, 0.717) is 40.8 Å². The van der Waals surface area contributed by atoms with Crippen LogP contribution in [-0.4, -0.2) is 19.9 Å². The number of benzene rings is 2. The van der Waals surface area contributed by atoms with E-state index in [4.69, 9.17) is 4.42 Å². The van der Waals surface area contributed by atoms with Crippen LogP contribution in [0.15, 0.2) is 69.5 Å². The summed E-state index contributed by atoms with van der Waals surface area (Å²) < 4.78 is 21.3. The Labute approximate surface area is 182 Å². The van der Waals surface area contributed by atoms with Crippen LogP contribution in [0.25, 0.3) is 22.4 Å². The van der Waals surface area contributed by atoms with Crippen molar-refractivity contribution in [2.75, 3.05) is 0 Å². The number of phenolic OH excluding ortho intramolecular Hbond substituents is 1. The monoisotopic (exact) mass is 437 g/mol. The Balaban J connectivity index is 1.71. The number of thioether (sulfide) groups is 1. The predicted molar refractivity (Wildman–Crippen MR) is 119 cm³/mol. The summed E-state index contributed by atoms with van der Waals surface area (Å²) in [5, 5.41) is 19.9. The molecule has 4 aromatic rings. The van der Waals surface area contributed by atoms with Gasteiger partial charge in [-0.15, -0.1) is 16.8 Å². The minimum Gasteiger partial charge on any atom is -0.508 e. The van der Waals surface area contributed by atoms with E-state index in [9.17, 15) is 14.3 Å². The highest BCUT2D eigenvalue weighted by Gasteiger charge is 2.17. The first kappa shape index (κ1) is 20.9. The number of aromatic nitrogens is 3. The first-order valence-electron chi connectivity index (χ1n) is 9.72. The van der Waals surface area contributed by atoms with E-state index in [1.807, 2.05) is 13.0 Å². The number of aromatic hydroxyl groups is 1. The summed E-state index contributed by atoms with van der Waals surface area (Å²) in [4.78, 5) is 12.0. The van der Waals surface area contributed by atoms with E-state index < -0.39 is 5.63 Å². The Bertz CT molecular complexity index is 1330. The van der Waals surface area contributed by atoms with E-state index in [0.717, 1.165) is 16.5 Å². The smallest absolute Gasteiger partial charge is 0.336 e. The van der Waals surface area contributed by atoms with Gasteiger partial charge < -0.3 is 9.52 Å². The van der Waals surface area contributed by atoms with Crippen LogP contribution in [0.1, 0.15) is 18.1 Å². The van der Waals surface area contributed by atoms with Gasteiger partial charge in [0.25, 0.3) is 0 Å². The number of fused-ring (bicyclic) bond motifs is 1. The maximum Gasteiger partial charge on any atom is 0.336 e. The van der Waals surface area contributed by atoms with Crippen molar-refractivity contribution in [3.05, 3.63) is 82.5 Å². The molecule has 6 nitrogen and oxygen atoms in total. The van der Waals surface area contributed by atoms with Gasteiger partial charge in [0.05, 0.1) is 5.56 Å². The Morgan fingerprint density at radius 3 is 2.77 bits per heavy atom. The zero-order valence-corrected chi connectivity index (χ0v) is 17.7. The molecule has 0 bridgehead atoms. The third-order valence-electron chi connectivity index (χ3n) is 4.91. The van der Waals surface area contributed by atoms with Crippen molar-refractivity contribution in [3.63, 3.8) is 0 Å². The zero-order valence-electron chi connectivity index (χ0n) is 16.8. The van der Waals surface area contributed by atoms with Crippen molar-refractivity contribution >= 4 is 22.7 Å². The molecule has 31 heavy (non-hydrogen) atoms. The SMILES string of the molecule is C=CCn1c(SCc2cc(=O)oc3cc(O)c(CC)cc23)nnc1-c1ccccc1F. The number of rotatable bonds is 7. The number of halogens is 1. The van der Waals surface area contributed by atoms with Crippen molar-refractivity contribution in [3.8, 4) is 17.1 Å². The van der Waals surface area contributed by atoms with Gasteiger partial charge in [-0.25, -0.2) is 9.18 Å².